The lowest BCUT2D eigenvalue weighted by molar-refractivity contribution is -0.00000696. The molecule has 1 aromatic heterocycles. The van der Waals surface area contributed by atoms with Crippen molar-refractivity contribution < 1.29 is 21.9 Å². The van der Waals surface area contributed by atoms with Crippen LogP contribution in [0.4, 0.5) is 5.69 Å². The zero-order chi connectivity index (χ0) is 19.9. The van der Waals surface area contributed by atoms with E-state index in [0.717, 1.165) is 44.2 Å². The summed E-state index contributed by atoms with van der Waals surface area (Å²) < 4.78 is 12.5. The molecule has 0 N–H and O–H groups in total. The van der Waals surface area contributed by atoms with Crippen LogP contribution in [0.3, 0.4) is 0 Å². The monoisotopic (exact) mass is 423 g/mol. The van der Waals surface area contributed by atoms with Gasteiger partial charge in [-0.2, -0.15) is 0 Å². The van der Waals surface area contributed by atoms with E-state index in [2.05, 4.69) is 51.3 Å². The fourth-order valence-electron chi connectivity index (χ4n) is 3.75. The van der Waals surface area contributed by atoms with Crippen molar-refractivity contribution >= 4 is 5.69 Å². The van der Waals surface area contributed by atoms with Crippen LogP contribution < -0.4 is 22.0 Å². The number of piperazine rings is 1. The quantitative estimate of drug-likeness (QED) is 0.525. The molecular weight excluding hydrogens is 392 g/mol. The highest BCUT2D eigenvalue weighted by atomic mass is 35.5. The Hall–Kier alpha value is -1.90. The van der Waals surface area contributed by atoms with Crippen molar-refractivity contribution in [2.45, 2.75) is 32.9 Å². The molecule has 0 spiro atoms. The minimum atomic E-state index is 0. The Morgan fingerprint density at radius 1 is 1.10 bits per heavy atom. The van der Waals surface area contributed by atoms with E-state index in [0.29, 0.717) is 19.1 Å². The van der Waals surface area contributed by atoms with E-state index in [1.54, 1.807) is 14.2 Å². The summed E-state index contributed by atoms with van der Waals surface area (Å²) in [6.07, 6.45) is 1.03. The molecule has 1 aliphatic rings. The molecule has 8 nitrogen and oxygen atoms in total. The Morgan fingerprint density at radius 3 is 2.52 bits per heavy atom. The summed E-state index contributed by atoms with van der Waals surface area (Å²) in [7, 11) is 3.41. The van der Waals surface area contributed by atoms with E-state index in [1.807, 2.05) is 16.8 Å². The van der Waals surface area contributed by atoms with Gasteiger partial charge in [-0.1, -0.05) is 19.9 Å². The standard InChI is InChI=1S/C20H32N6O2.ClH/c1-16(2)14-19(20-21-22-23-26(20)12-13-27-3)25-10-8-24(9-11-25)17-6-5-7-18(15-17)28-4;/h5-7,15-16,19H,8-14H2,1-4H3;1H/p-1. The summed E-state index contributed by atoms with van der Waals surface area (Å²) in [5.41, 5.74) is 1.21. The number of hydrogen-bond acceptors (Lipinski definition) is 7. The first kappa shape index (κ1) is 23.4. The van der Waals surface area contributed by atoms with E-state index in [1.165, 1.54) is 5.69 Å². The molecule has 0 radical (unpaired) electrons. The van der Waals surface area contributed by atoms with Gasteiger partial charge in [0, 0.05) is 45.0 Å². The van der Waals surface area contributed by atoms with Gasteiger partial charge in [0.1, 0.15) is 5.75 Å². The summed E-state index contributed by atoms with van der Waals surface area (Å²) in [6.45, 7) is 9.69. The molecular formula is C20H32ClN6O2-. The largest absolute Gasteiger partial charge is 1.00 e. The predicted molar refractivity (Wildman–Crippen MR) is 109 cm³/mol. The maximum absolute atomic E-state index is 5.37. The highest BCUT2D eigenvalue weighted by Gasteiger charge is 2.29. The molecule has 2 aromatic rings. The van der Waals surface area contributed by atoms with E-state index in [-0.39, 0.29) is 18.4 Å². The van der Waals surface area contributed by atoms with Crippen molar-refractivity contribution in [3.63, 3.8) is 0 Å². The molecule has 2 heterocycles. The Kier molecular flexibility index (Phi) is 9.13. The SMILES string of the molecule is COCCn1nnnc1C(CC(C)C)N1CCN(c2cccc(OC)c2)CC1.[Cl-]. The van der Waals surface area contributed by atoms with Gasteiger partial charge in [-0.05, 0) is 34.9 Å². The molecule has 1 fully saturated rings. The van der Waals surface area contributed by atoms with Crippen molar-refractivity contribution in [3.8, 4) is 5.75 Å². The van der Waals surface area contributed by atoms with Crippen LogP contribution in [0.5, 0.6) is 5.75 Å². The van der Waals surface area contributed by atoms with E-state index in [4.69, 9.17) is 9.47 Å². The Labute approximate surface area is 179 Å². The predicted octanol–water partition coefficient (Wildman–Crippen LogP) is -0.758. The van der Waals surface area contributed by atoms with Gasteiger partial charge in [0.15, 0.2) is 5.82 Å². The molecule has 0 saturated carbocycles. The number of tetrazole rings is 1. The second-order valence-corrected chi connectivity index (χ2v) is 7.62. The van der Waals surface area contributed by atoms with Gasteiger partial charge >= 0.3 is 0 Å². The van der Waals surface area contributed by atoms with Crippen LogP contribution >= 0.6 is 0 Å². The fraction of sp³-hybridized carbons (Fsp3) is 0.650. The molecule has 1 aromatic carbocycles. The smallest absolute Gasteiger partial charge is 0.168 e. The van der Waals surface area contributed by atoms with Crippen molar-refractivity contribution in [1.82, 2.24) is 25.1 Å². The van der Waals surface area contributed by atoms with Crippen LogP contribution in [0.25, 0.3) is 0 Å². The fourth-order valence-corrected chi connectivity index (χ4v) is 3.75. The summed E-state index contributed by atoms with van der Waals surface area (Å²) in [5, 5.41) is 12.5. The van der Waals surface area contributed by atoms with Crippen LogP contribution in [0, 0.1) is 5.92 Å². The van der Waals surface area contributed by atoms with Crippen molar-refractivity contribution in [3.05, 3.63) is 30.1 Å². The Bertz CT molecular complexity index is 733. The van der Waals surface area contributed by atoms with Crippen LogP contribution in [0.15, 0.2) is 24.3 Å². The van der Waals surface area contributed by atoms with Crippen LogP contribution in [-0.2, 0) is 11.3 Å². The molecule has 1 saturated heterocycles. The summed E-state index contributed by atoms with van der Waals surface area (Å²) in [4.78, 5) is 4.94. The molecule has 3 rings (SSSR count). The lowest BCUT2D eigenvalue weighted by Crippen LogP contribution is -3.00. The molecule has 0 aliphatic carbocycles. The highest BCUT2D eigenvalue weighted by Crippen LogP contribution is 2.29. The highest BCUT2D eigenvalue weighted by molar-refractivity contribution is 5.51. The summed E-state index contributed by atoms with van der Waals surface area (Å²) in [6, 6.07) is 8.51. The number of benzene rings is 1. The van der Waals surface area contributed by atoms with Gasteiger partial charge < -0.3 is 26.8 Å². The summed E-state index contributed by atoms with van der Waals surface area (Å²) >= 11 is 0. The molecule has 1 unspecified atom stereocenters. The van der Waals surface area contributed by atoms with Gasteiger partial charge in [-0.15, -0.1) is 5.10 Å². The molecule has 1 aliphatic heterocycles. The third-order valence-corrected chi connectivity index (χ3v) is 5.23. The van der Waals surface area contributed by atoms with E-state index >= 15 is 0 Å². The molecule has 162 valence electrons. The van der Waals surface area contributed by atoms with E-state index in [9.17, 15) is 0 Å². The first-order valence-electron chi connectivity index (χ1n) is 10.0. The van der Waals surface area contributed by atoms with Gasteiger partial charge in [-0.3, -0.25) is 4.90 Å². The molecule has 29 heavy (non-hydrogen) atoms. The number of anilines is 1. The average Bonchev–Trinajstić information content (AvgIpc) is 3.18. The number of rotatable bonds is 9. The lowest BCUT2D eigenvalue weighted by atomic mass is 10.0. The Balaban J connectivity index is 0.00000300. The number of hydrogen-bond donors (Lipinski definition) is 0. The molecule has 1 atom stereocenters. The van der Waals surface area contributed by atoms with Crippen molar-refractivity contribution in [1.29, 1.82) is 0 Å². The normalized spacial score (nSPS) is 16.0. The second-order valence-electron chi connectivity index (χ2n) is 7.62. The summed E-state index contributed by atoms with van der Waals surface area (Å²) in [5.74, 6) is 2.41. The third-order valence-electron chi connectivity index (χ3n) is 5.23. The number of ether oxygens (including phenoxy) is 2. The number of nitrogens with zero attached hydrogens (tertiary/aromatic N) is 6. The maximum Gasteiger partial charge on any atom is 0.168 e. The Morgan fingerprint density at radius 2 is 1.86 bits per heavy atom. The van der Waals surface area contributed by atoms with Gasteiger partial charge in [0.2, 0.25) is 0 Å². The molecule has 0 amide bonds. The second kappa shape index (κ2) is 11.3. The average molecular weight is 424 g/mol. The van der Waals surface area contributed by atoms with Crippen LogP contribution in [-0.4, -0.2) is 72.1 Å². The first-order chi connectivity index (χ1) is 13.6. The van der Waals surface area contributed by atoms with Crippen molar-refractivity contribution in [2.75, 3.05) is 51.9 Å². The molecule has 0 bridgehead atoms. The lowest BCUT2D eigenvalue weighted by Gasteiger charge is -2.40. The number of methoxy groups -OCH3 is 2. The van der Waals surface area contributed by atoms with E-state index < -0.39 is 0 Å². The number of aromatic nitrogens is 4. The van der Waals surface area contributed by atoms with Crippen LogP contribution in [0.1, 0.15) is 32.1 Å². The zero-order valence-corrected chi connectivity index (χ0v) is 18.5. The van der Waals surface area contributed by atoms with Gasteiger partial charge in [-0.25, -0.2) is 4.68 Å². The molecule has 9 heteroatoms. The topological polar surface area (TPSA) is 68.5 Å². The van der Waals surface area contributed by atoms with Gasteiger partial charge in [0.05, 0.1) is 26.3 Å². The minimum Gasteiger partial charge on any atom is -1.00 e. The number of halogens is 1. The van der Waals surface area contributed by atoms with Gasteiger partial charge in [0.25, 0.3) is 0 Å². The first-order valence-corrected chi connectivity index (χ1v) is 10.0. The van der Waals surface area contributed by atoms with Crippen molar-refractivity contribution in [2.24, 2.45) is 5.92 Å². The maximum atomic E-state index is 5.37. The van der Waals surface area contributed by atoms with Crippen LogP contribution in [0.2, 0.25) is 0 Å². The third kappa shape index (κ3) is 6.04. The zero-order valence-electron chi connectivity index (χ0n) is 17.8. The minimum absolute atomic E-state index is 0.